The smallest absolute Gasteiger partial charge is 0.269 e. The van der Waals surface area contributed by atoms with E-state index in [1.807, 2.05) is 31.2 Å². The molecule has 1 aromatic heterocycles. The third-order valence-electron chi connectivity index (χ3n) is 4.27. The van der Waals surface area contributed by atoms with Gasteiger partial charge < -0.3 is 15.4 Å². The highest BCUT2D eigenvalue weighted by Gasteiger charge is 2.15. The van der Waals surface area contributed by atoms with E-state index in [9.17, 15) is 18.5 Å². The maximum atomic E-state index is 12.3. The van der Waals surface area contributed by atoms with Crippen LogP contribution in [0.3, 0.4) is 0 Å². The average Bonchev–Trinajstić information content (AvgIpc) is 2.77. The van der Waals surface area contributed by atoms with Gasteiger partial charge in [0.2, 0.25) is 16.0 Å². The highest BCUT2D eigenvalue weighted by Crippen LogP contribution is 2.20. The van der Waals surface area contributed by atoms with E-state index in [4.69, 9.17) is 4.74 Å². The maximum absolute atomic E-state index is 12.3. The molecule has 3 rings (SSSR count). The molecule has 0 radical (unpaired) electrons. The van der Waals surface area contributed by atoms with Crippen LogP contribution in [0.25, 0.3) is 0 Å². The summed E-state index contributed by atoms with van der Waals surface area (Å²) in [5.41, 5.74) is 1.37. The first-order chi connectivity index (χ1) is 15.3. The zero-order valence-corrected chi connectivity index (χ0v) is 18.2. The zero-order chi connectivity index (χ0) is 23.1. The summed E-state index contributed by atoms with van der Waals surface area (Å²) in [6.45, 7) is 2.12. The fourth-order valence-corrected chi connectivity index (χ4v) is 3.76. The first-order valence-electron chi connectivity index (χ1n) is 9.51. The second-order valence-electron chi connectivity index (χ2n) is 6.65. The molecule has 1 heterocycles. The van der Waals surface area contributed by atoms with Crippen molar-refractivity contribution >= 4 is 33.2 Å². The molecule has 2 aromatic carbocycles. The van der Waals surface area contributed by atoms with Crippen LogP contribution in [0.2, 0.25) is 0 Å². The molecule has 3 aromatic rings. The van der Waals surface area contributed by atoms with Gasteiger partial charge in [-0.1, -0.05) is 0 Å². The monoisotopic (exact) mass is 458 g/mol. The number of nitro groups is 1. The lowest BCUT2D eigenvalue weighted by Gasteiger charge is -2.11. The lowest BCUT2D eigenvalue weighted by Crippen LogP contribution is -2.29. The summed E-state index contributed by atoms with van der Waals surface area (Å²) in [7, 11) is -2.20. The van der Waals surface area contributed by atoms with Crippen LogP contribution in [0, 0.1) is 17.0 Å². The first kappa shape index (κ1) is 22.9. The molecule has 0 saturated heterocycles. The number of ether oxygens (including phenoxy) is 1. The number of methoxy groups -OCH3 is 1. The van der Waals surface area contributed by atoms with Crippen molar-refractivity contribution < 1.29 is 18.1 Å². The molecule has 0 fully saturated rings. The third kappa shape index (κ3) is 6.12. The van der Waals surface area contributed by atoms with Crippen LogP contribution >= 0.6 is 0 Å². The summed E-state index contributed by atoms with van der Waals surface area (Å²) in [4.78, 5) is 18.7. The number of nitrogens with one attached hydrogen (secondary N) is 3. The predicted octanol–water partition coefficient (Wildman–Crippen LogP) is 2.84. The van der Waals surface area contributed by atoms with Crippen LogP contribution < -0.4 is 20.1 Å². The Morgan fingerprint density at radius 2 is 1.72 bits per heavy atom. The van der Waals surface area contributed by atoms with Gasteiger partial charge >= 0.3 is 0 Å². The molecule has 0 saturated carbocycles. The van der Waals surface area contributed by atoms with Crippen LogP contribution in [-0.4, -0.2) is 43.5 Å². The topological polar surface area (TPSA) is 148 Å². The summed E-state index contributed by atoms with van der Waals surface area (Å²) in [5.74, 6) is 1.67. The number of anilines is 3. The number of sulfonamides is 1. The second-order valence-corrected chi connectivity index (χ2v) is 8.41. The number of non-ortho nitro benzene ring substituents is 1. The fraction of sp³-hybridized carbons (Fsp3) is 0.200. The summed E-state index contributed by atoms with van der Waals surface area (Å²) in [6.07, 6.45) is 0. The molecule has 0 atom stereocenters. The normalized spacial score (nSPS) is 11.1. The summed E-state index contributed by atoms with van der Waals surface area (Å²) in [5, 5.41) is 16.9. The maximum Gasteiger partial charge on any atom is 0.269 e. The molecular formula is C20H22N6O5S. The van der Waals surface area contributed by atoms with Gasteiger partial charge in [-0.15, -0.1) is 0 Å². The molecule has 168 valence electrons. The van der Waals surface area contributed by atoms with E-state index in [-0.39, 0.29) is 23.7 Å². The average molecular weight is 459 g/mol. The van der Waals surface area contributed by atoms with Gasteiger partial charge in [0.25, 0.3) is 5.69 Å². The van der Waals surface area contributed by atoms with Gasteiger partial charge in [0, 0.05) is 42.7 Å². The first-order valence-corrected chi connectivity index (χ1v) is 11.0. The van der Waals surface area contributed by atoms with Crippen LogP contribution in [-0.2, 0) is 10.0 Å². The highest BCUT2D eigenvalue weighted by atomic mass is 32.2. The van der Waals surface area contributed by atoms with Gasteiger partial charge in [-0.25, -0.2) is 18.1 Å². The minimum atomic E-state index is -3.80. The summed E-state index contributed by atoms with van der Waals surface area (Å²) >= 11 is 0. The number of aryl methyl sites for hydroxylation is 1. The zero-order valence-electron chi connectivity index (χ0n) is 17.4. The Labute approximate surface area is 185 Å². The lowest BCUT2D eigenvalue weighted by atomic mass is 10.3. The van der Waals surface area contributed by atoms with E-state index in [0.29, 0.717) is 11.8 Å². The molecule has 3 N–H and O–H groups in total. The van der Waals surface area contributed by atoms with Crippen molar-refractivity contribution in [3.8, 4) is 5.75 Å². The molecule has 0 aliphatic rings. The Hall–Kier alpha value is -3.77. The largest absolute Gasteiger partial charge is 0.497 e. The Kier molecular flexibility index (Phi) is 7.18. The number of benzene rings is 2. The van der Waals surface area contributed by atoms with Gasteiger partial charge in [0.1, 0.15) is 11.6 Å². The number of nitro benzene ring substituents is 1. The minimum Gasteiger partial charge on any atom is -0.497 e. The van der Waals surface area contributed by atoms with E-state index in [1.54, 1.807) is 13.2 Å². The van der Waals surface area contributed by atoms with Crippen molar-refractivity contribution in [2.24, 2.45) is 0 Å². The molecule has 0 bridgehead atoms. The van der Waals surface area contributed by atoms with Crippen LogP contribution in [0.1, 0.15) is 5.69 Å². The van der Waals surface area contributed by atoms with Crippen molar-refractivity contribution in [1.82, 2.24) is 14.7 Å². The molecule has 32 heavy (non-hydrogen) atoms. The van der Waals surface area contributed by atoms with E-state index in [0.717, 1.165) is 29.3 Å². The van der Waals surface area contributed by atoms with E-state index in [2.05, 4.69) is 25.3 Å². The molecule has 0 unspecified atom stereocenters. The molecule has 12 heteroatoms. The summed E-state index contributed by atoms with van der Waals surface area (Å²) < 4.78 is 32.2. The van der Waals surface area contributed by atoms with Crippen molar-refractivity contribution in [2.75, 3.05) is 30.8 Å². The number of nitrogens with zero attached hydrogens (tertiary/aromatic N) is 3. The molecule has 11 nitrogen and oxygen atoms in total. The number of hydrogen-bond acceptors (Lipinski definition) is 9. The molecule has 0 spiro atoms. The lowest BCUT2D eigenvalue weighted by molar-refractivity contribution is -0.384. The minimum absolute atomic E-state index is 0.0547. The molecular weight excluding hydrogens is 436 g/mol. The van der Waals surface area contributed by atoms with Crippen LogP contribution in [0.4, 0.5) is 23.1 Å². The number of rotatable bonds is 10. The fourth-order valence-electron chi connectivity index (χ4n) is 2.72. The van der Waals surface area contributed by atoms with Gasteiger partial charge in [0.05, 0.1) is 16.9 Å². The van der Waals surface area contributed by atoms with Crippen molar-refractivity contribution in [2.45, 2.75) is 11.8 Å². The highest BCUT2D eigenvalue weighted by molar-refractivity contribution is 7.89. The van der Waals surface area contributed by atoms with Gasteiger partial charge in [-0.2, -0.15) is 4.98 Å². The van der Waals surface area contributed by atoms with Crippen molar-refractivity contribution in [3.05, 3.63) is 70.4 Å². The van der Waals surface area contributed by atoms with E-state index in [1.165, 1.54) is 12.1 Å². The second kappa shape index (κ2) is 10.0. The Balaban J connectivity index is 1.56. The van der Waals surface area contributed by atoms with E-state index >= 15 is 0 Å². The molecule has 0 amide bonds. The van der Waals surface area contributed by atoms with Gasteiger partial charge in [-0.3, -0.25) is 10.1 Å². The van der Waals surface area contributed by atoms with Crippen molar-refractivity contribution in [3.63, 3.8) is 0 Å². The third-order valence-corrected chi connectivity index (χ3v) is 5.75. The molecule has 0 aliphatic heterocycles. The Bertz CT molecular complexity index is 1180. The number of aromatic nitrogens is 2. The SMILES string of the molecule is COc1ccc(Nc2cc(C)nc(NCCNS(=O)(=O)c3ccc([N+](=O)[O-])cc3)n2)cc1. The van der Waals surface area contributed by atoms with Crippen LogP contribution in [0.5, 0.6) is 5.75 Å². The summed E-state index contributed by atoms with van der Waals surface area (Å²) in [6, 6.07) is 13.8. The number of hydrogen-bond donors (Lipinski definition) is 3. The Morgan fingerprint density at radius 1 is 1.03 bits per heavy atom. The Morgan fingerprint density at radius 3 is 2.34 bits per heavy atom. The quantitative estimate of drug-likeness (QED) is 0.237. The van der Waals surface area contributed by atoms with E-state index < -0.39 is 14.9 Å². The van der Waals surface area contributed by atoms with Gasteiger partial charge in [-0.05, 0) is 43.3 Å². The molecule has 0 aliphatic carbocycles. The van der Waals surface area contributed by atoms with Crippen LogP contribution in [0.15, 0.2) is 59.5 Å². The van der Waals surface area contributed by atoms with Gasteiger partial charge in [0.15, 0.2) is 0 Å². The van der Waals surface area contributed by atoms with Crippen molar-refractivity contribution in [1.29, 1.82) is 0 Å². The predicted molar refractivity (Wildman–Crippen MR) is 120 cm³/mol. The standard InChI is InChI=1S/C20H22N6O5S/c1-14-13-19(24-15-3-7-17(31-2)8-4-15)25-20(23-14)21-11-12-22-32(29,30)18-9-5-16(6-10-18)26(27)28/h3-10,13,22H,11-12H2,1-2H3,(H2,21,23,24,25).